The van der Waals surface area contributed by atoms with Crippen LogP contribution < -0.4 is 4.90 Å². The minimum absolute atomic E-state index is 0.0277. The van der Waals surface area contributed by atoms with Crippen molar-refractivity contribution in [1.29, 1.82) is 0 Å². The van der Waals surface area contributed by atoms with Crippen molar-refractivity contribution in [2.45, 2.75) is 92.1 Å². The van der Waals surface area contributed by atoms with Crippen LogP contribution in [0.2, 0.25) is 0 Å². The Kier molecular flexibility index (Phi) is 6.87. The van der Waals surface area contributed by atoms with Gasteiger partial charge in [-0.05, 0) is 115 Å². The van der Waals surface area contributed by atoms with Crippen LogP contribution in [-0.2, 0) is 0 Å². The van der Waals surface area contributed by atoms with Gasteiger partial charge in [0, 0.05) is 31.9 Å². The maximum absolute atomic E-state index is 10.9. The van der Waals surface area contributed by atoms with Crippen molar-refractivity contribution in [1.82, 2.24) is 4.90 Å². The van der Waals surface area contributed by atoms with Crippen molar-refractivity contribution in [3.63, 3.8) is 0 Å². The smallest absolute Gasteiger partial charge is 0.0594 e. The molecule has 5 aliphatic rings. The zero-order valence-electron chi connectivity index (χ0n) is 24.8. The van der Waals surface area contributed by atoms with Gasteiger partial charge in [0.15, 0.2) is 0 Å². The predicted molar refractivity (Wildman–Crippen MR) is 159 cm³/mol. The summed E-state index contributed by atoms with van der Waals surface area (Å²) in [6, 6.07) is 10.9. The van der Waals surface area contributed by atoms with Crippen molar-refractivity contribution < 1.29 is 5.11 Å². The van der Waals surface area contributed by atoms with Gasteiger partial charge in [-0.3, -0.25) is 4.90 Å². The maximum atomic E-state index is 10.9. The van der Waals surface area contributed by atoms with Crippen LogP contribution in [0.5, 0.6) is 0 Å². The molecular formula is C35H52N2O. The Balaban J connectivity index is 1.10. The number of nitrogens with zero attached hydrogens (tertiary/aromatic N) is 2. The molecular weight excluding hydrogens is 464 g/mol. The predicted octanol–water partition coefficient (Wildman–Crippen LogP) is 7.48. The molecule has 208 valence electrons. The quantitative estimate of drug-likeness (QED) is 0.440. The molecule has 0 aromatic heterocycles. The topological polar surface area (TPSA) is 26.7 Å². The summed E-state index contributed by atoms with van der Waals surface area (Å²) < 4.78 is 0. The molecule has 4 aliphatic carbocycles. The number of rotatable bonds is 5. The second-order valence-corrected chi connectivity index (χ2v) is 14.6. The lowest BCUT2D eigenvalue weighted by Gasteiger charge is -2.59. The van der Waals surface area contributed by atoms with Gasteiger partial charge in [-0.2, -0.15) is 0 Å². The Bertz CT molecular complexity index is 1080. The summed E-state index contributed by atoms with van der Waals surface area (Å²) in [5.41, 5.74) is 7.34. The fourth-order valence-corrected chi connectivity index (χ4v) is 10.0. The molecule has 1 N–H and O–H groups in total. The molecule has 2 unspecified atom stereocenters. The highest BCUT2D eigenvalue weighted by Crippen LogP contribution is 2.66. The standard InChI is InChI=1S/C35H52N2O/c1-25(17-20-36-21-23-37(24-22-36)26-9-7-6-8-10-26)28-12-13-29-27-11-14-31-33(2,3)32(38)16-19-35(31,5)30(27)15-18-34(28,29)4/h6-10,13,25,28,31-32,38H,11-12,14-24H2,1-5H3/t25-,28+,31?,32?,34+,35+/m0/s1. The monoisotopic (exact) mass is 516 g/mol. The highest BCUT2D eigenvalue weighted by Gasteiger charge is 2.57. The summed E-state index contributed by atoms with van der Waals surface area (Å²) in [4.78, 5) is 5.26. The van der Waals surface area contributed by atoms with Crippen LogP contribution in [-0.4, -0.2) is 48.8 Å². The van der Waals surface area contributed by atoms with Gasteiger partial charge < -0.3 is 10.0 Å². The molecule has 1 saturated heterocycles. The summed E-state index contributed by atoms with van der Waals surface area (Å²) in [5.74, 6) is 2.16. The number of para-hydroxylation sites is 1. The molecule has 6 rings (SSSR count). The van der Waals surface area contributed by atoms with Crippen LogP contribution in [0.3, 0.4) is 0 Å². The second-order valence-electron chi connectivity index (χ2n) is 14.6. The highest BCUT2D eigenvalue weighted by atomic mass is 16.3. The van der Waals surface area contributed by atoms with Crippen molar-refractivity contribution >= 4 is 5.69 Å². The fourth-order valence-electron chi connectivity index (χ4n) is 10.0. The number of anilines is 1. The molecule has 3 nitrogen and oxygen atoms in total. The highest BCUT2D eigenvalue weighted by molar-refractivity contribution is 5.50. The van der Waals surface area contributed by atoms with Crippen molar-refractivity contribution in [2.75, 3.05) is 37.6 Å². The van der Waals surface area contributed by atoms with Gasteiger partial charge >= 0.3 is 0 Å². The third-order valence-electron chi connectivity index (χ3n) is 12.5. The largest absolute Gasteiger partial charge is 0.393 e. The van der Waals surface area contributed by atoms with Gasteiger partial charge in [-0.15, -0.1) is 0 Å². The average Bonchev–Trinajstić information content (AvgIpc) is 3.28. The van der Waals surface area contributed by atoms with E-state index in [-0.39, 0.29) is 16.9 Å². The van der Waals surface area contributed by atoms with E-state index in [4.69, 9.17) is 0 Å². The molecule has 0 bridgehead atoms. The van der Waals surface area contributed by atoms with E-state index in [1.165, 1.54) is 70.3 Å². The number of aliphatic hydroxyl groups excluding tert-OH is 1. The first-order valence-corrected chi connectivity index (χ1v) is 15.8. The van der Waals surface area contributed by atoms with E-state index in [2.05, 4.69) is 80.8 Å². The normalized spacial score (nSPS) is 37.8. The number of piperazine rings is 1. The zero-order chi connectivity index (χ0) is 26.7. The zero-order valence-corrected chi connectivity index (χ0v) is 24.8. The molecule has 1 heterocycles. The van der Waals surface area contributed by atoms with E-state index in [0.717, 1.165) is 31.3 Å². The minimum Gasteiger partial charge on any atom is -0.393 e. The van der Waals surface area contributed by atoms with E-state index in [9.17, 15) is 5.11 Å². The third kappa shape index (κ3) is 4.22. The van der Waals surface area contributed by atoms with Gasteiger partial charge in [0.2, 0.25) is 0 Å². The van der Waals surface area contributed by atoms with Crippen LogP contribution in [0.4, 0.5) is 5.69 Å². The Morgan fingerprint density at radius 2 is 1.66 bits per heavy atom. The molecule has 0 amide bonds. The summed E-state index contributed by atoms with van der Waals surface area (Å²) in [6.07, 6.45) is 12.4. The Morgan fingerprint density at radius 1 is 0.921 bits per heavy atom. The van der Waals surface area contributed by atoms with Gasteiger partial charge in [0.25, 0.3) is 0 Å². The van der Waals surface area contributed by atoms with Gasteiger partial charge in [-0.1, -0.05) is 64.5 Å². The first-order chi connectivity index (χ1) is 18.1. The lowest BCUT2D eigenvalue weighted by molar-refractivity contribution is -0.0905. The van der Waals surface area contributed by atoms with Crippen LogP contribution in [0.1, 0.15) is 86.0 Å². The minimum atomic E-state index is -0.145. The van der Waals surface area contributed by atoms with E-state index < -0.39 is 0 Å². The van der Waals surface area contributed by atoms with Gasteiger partial charge in [-0.25, -0.2) is 0 Å². The number of allylic oxidation sites excluding steroid dienone is 4. The molecule has 0 spiro atoms. The summed E-state index contributed by atoms with van der Waals surface area (Å²) in [6.45, 7) is 18.3. The summed E-state index contributed by atoms with van der Waals surface area (Å²) in [7, 11) is 0. The molecule has 0 radical (unpaired) electrons. The van der Waals surface area contributed by atoms with E-state index in [0.29, 0.717) is 11.3 Å². The van der Waals surface area contributed by atoms with Crippen LogP contribution in [0.15, 0.2) is 53.1 Å². The Morgan fingerprint density at radius 3 is 2.39 bits per heavy atom. The lowest BCUT2D eigenvalue weighted by Crippen LogP contribution is -2.53. The number of benzene rings is 1. The SMILES string of the molecule is C[C@@H](CCN1CCN(c2ccccc2)CC1)[C@H]1CC=C2C3=C(CC[C@@]21C)[C@@]1(C)CCC(O)C(C)(C)C1CC3. The second kappa shape index (κ2) is 9.81. The number of aliphatic hydroxyl groups is 1. The van der Waals surface area contributed by atoms with E-state index in [1.807, 2.05) is 0 Å². The van der Waals surface area contributed by atoms with Gasteiger partial charge in [0.05, 0.1) is 6.10 Å². The molecule has 2 fully saturated rings. The fraction of sp³-hybridized carbons (Fsp3) is 0.714. The first-order valence-electron chi connectivity index (χ1n) is 15.8. The van der Waals surface area contributed by atoms with Crippen LogP contribution in [0, 0.1) is 34.0 Å². The van der Waals surface area contributed by atoms with Crippen LogP contribution in [0.25, 0.3) is 0 Å². The van der Waals surface area contributed by atoms with Crippen molar-refractivity contribution in [3.8, 4) is 0 Å². The first kappa shape index (κ1) is 26.6. The molecule has 3 heteroatoms. The lowest BCUT2D eigenvalue weighted by atomic mass is 9.46. The molecule has 6 atom stereocenters. The van der Waals surface area contributed by atoms with Crippen molar-refractivity contribution in [3.05, 3.63) is 53.1 Å². The molecule has 38 heavy (non-hydrogen) atoms. The third-order valence-corrected chi connectivity index (χ3v) is 12.5. The Labute approximate surface area is 232 Å². The molecule has 1 aromatic carbocycles. The van der Waals surface area contributed by atoms with E-state index in [1.54, 1.807) is 16.7 Å². The summed E-state index contributed by atoms with van der Waals surface area (Å²) >= 11 is 0. The average molecular weight is 517 g/mol. The molecule has 1 saturated carbocycles. The maximum Gasteiger partial charge on any atom is 0.0594 e. The summed E-state index contributed by atoms with van der Waals surface area (Å²) in [5, 5.41) is 10.9. The van der Waals surface area contributed by atoms with Crippen molar-refractivity contribution in [2.24, 2.45) is 34.0 Å². The Hall–Kier alpha value is -1.58. The number of hydrogen-bond donors (Lipinski definition) is 1. The number of fused-ring (bicyclic) bond motifs is 4. The molecule has 1 aromatic rings. The number of hydrogen-bond acceptors (Lipinski definition) is 3. The molecule has 1 aliphatic heterocycles. The van der Waals surface area contributed by atoms with Crippen LogP contribution >= 0.6 is 0 Å². The van der Waals surface area contributed by atoms with E-state index >= 15 is 0 Å². The van der Waals surface area contributed by atoms with Gasteiger partial charge in [0.1, 0.15) is 0 Å².